The molecule has 1 aromatic carbocycles. The van der Waals surface area contributed by atoms with Crippen LogP contribution in [0.3, 0.4) is 0 Å². The Labute approximate surface area is 158 Å². The lowest BCUT2D eigenvalue weighted by molar-refractivity contribution is -0.146. The Morgan fingerprint density at radius 2 is 1.74 bits per heavy atom. The predicted molar refractivity (Wildman–Crippen MR) is 98.8 cm³/mol. The van der Waals surface area contributed by atoms with Crippen molar-refractivity contribution in [2.75, 3.05) is 31.3 Å². The minimum absolute atomic E-state index is 0.0214. The van der Waals surface area contributed by atoms with Crippen LogP contribution in [0.15, 0.2) is 23.9 Å². The van der Waals surface area contributed by atoms with Gasteiger partial charge in [-0.1, -0.05) is 0 Å². The molecular weight excluding hydrogens is 353 g/mol. The monoisotopic (exact) mass is 379 g/mol. The van der Waals surface area contributed by atoms with E-state index in [-0.39, 0.29) is 37.1 Å². The van der Waals surface area contributed by atoms with Gasteiger partial charge in [-0.3, -0.25) is 0 Å². The summed E-state index contributed by atoms with van der Waals surface area (Å²) >= 11 is 0. The smallest absolute Gasteiger partial charge is 0.347 e. The van der Waals surface area contributed by atoms with E-state index < -0.39 is 11.9 Å². The van der Waals surface area contributed by atoms with Gasteiger partial charge in [0.2, 0.25) is 0 Å². The molecule has 0 bridgehead atoms. The Morgan fingerprint density at radius 1 is 1.15 bits per heavy atom. The third kappa shape index (κ3) is 4.66. The summed E-state index contributed by atoms with van der Waals surface area (Å²) in [5, 5.41) is 9.45. The highest BCUT2D eigenvalue weighted by molar-refractivity contribution is 6.14. The normalized spacial score (nSPS) is 15.1. The Kier molecular flexibility index (Phi) is 7.36. The molecule has 0 saturated carbocycles. The molecule has 0 aliphatic heterocycles. The minimum Gasteiger partial charge on any atom is -0.462 e. The van der Waals surface area contributed by atoms with E-state index in [9.17, 15) is 19.1 Å². The molecule has 1 unspecified atom stereocenters. The maximum atomic E-state index is 14.2. The van der Waals surface area contributed by atoms with Gasteiger partial charge in [0.15, 0.2) is 5.57 Å². The van der Waals surface area contributed by atoms with Crippen LogP contribution in [0.1, 0.15) is 31.9 Å². The molecule has 7 heteroatoms. The zero-order chi connectivity index (χ0) is 20.0. The predicted octanol–water partition coefficient (Wildman–Crippen LogP) is 2.37. The Morgan fingerprint density at radius 3 is 2.26 bits per heavy atom. The summed E-state index contributed by atoms with van der Waals surface area (Å²) in [6, 6.07) is 3.00. The second kappa shape index (κ2) is 9.50. The average Bonchev–Trinajstić information content (AvgIpc) is 3.09. The van der Waals surface area contributed by atoms with Crippen molar-refractivity contribution in [2.24, 2.45) is 5.92 Å². The second-order valence-corrected chi connectivity index (χ2v) is 6.25. The molecule has 0 saturated heterocycles. The fourth-order valence-corrected chi connectivity index (χ4v) is 3.24. The first kappa shape index (κ1) is 20.9. The largest absolute Gasteiger partial charge is 0.462 e. The Balaban J connectivity index is 2.46. The molecule has 6 nitrogen and oxygen atoms in total. The molecule has 0 fully saturated rings. The van der Waals surface area contributed by atoms with Gasteiger partial charge >= 0.3 is 11.9 Å². The third-order valence-corrected chi connectivity index (χ3v) is 4.52. The number of aliphatic hydroxyl groups excluding tert-OH is 1. The maximum Gasteiger partial charge on any atom is 0.347 e. The van der Waals surface area contributed by atoms with Gasteiger partial charge in [0.05, 0.1) is 13.2 Å². The van der Waals surface area contributed by atoms with E-state index in [0.29, 0.717) is 30.6 Å². The van der Waals surface area contributed by atoms with Crippen LogP contribution in [0.5, 0.6) is 0 Å². The van der Waals surface area contributed by atoms with Crippen LogP contribution in [-0.4, -0.2) is 43.4 Å². The highest BCUT2D eigenvalue weighted by atomic mass is 19.1. The van der Waals surface area contributed by atoms with Crippen molar-refractivity contribution in [1.29, 1.82) is 0 Å². The molecule has 0 aromatic heterocycles. The number of ether oxygens (including phenoxy) is 2. The van der Waals surface area contributed by atoms with Crippen LogP contribution in [0.25, 0.3) is 0 Å². The van der Waals surface area contributed by atoms with Gasteiger partial charge in [-0.05, 0) is 62.8 Å². The number of fused-ring (bicyclic) bond motifs is 1. The van der Waals surface area contributed by atoms with E-state index in [4.69, 9.17) is 9.47 Å². The highest BCUT2D eigenvalue weighted by Crippen LogP contribution is 2.36. The number of nitrogens with zero attached hydrogens (tertiary/aromatic N) is 1. The summed E-state index contributed by atoms with van der Waals surface area (Å²) in [4.78, 5) is 26.1. The van der Waals surface area contributed by atoms with Gasteiger partial charge in [0, 0.05) is 25.0 Å². The van der Waals surface area contributed by atoms with Crippen LogP contribution in [-0.2, 0) is 31.9 Å². The number of carbonyl (C=O) groups is 2. The van der Waals surface area contributed by atoms with Gasteiger partial charge < -0.3 is 19.5 Å². The Bertz CT molecular complexity index is 711. The lowest BCUT2D eigenvalue weighted by Crippen LogP contribution is -2.25. The van der Waals surface area contributed by atoms with E-state index in [1.165, 1.54) is 12.3 Å². The quantitative estimate of drug-likeness (QED) is 0.323. The molecule has 2 rings (SSSR count). The van der Waals surface area contributed by atoms with Crippen molar-refractivity contribution in [3.63, 3.8) is 0 Å². The van der Waals surface area contributed by atoms with Crippen LogP contribution in [0, 0.1) is 11.7 Å². The zero-order valence-electron chi connectivity index (χ0n) is 16.0. The number of halogens is 1. The van der Waals surface area contributed by atoms with Crippen LogP contribution >= 0.6 is 0 Å². The molecule has 0 spiro atoms. The van der Waals surface area contributed by atoms with Gasteiger partial charge in [0.25, 0.3) is 0 Å². The molecular formula is C20H26FNO5. The van der Waals surface area contributed by atoms with Crippen molar-refractivity contribution in [3.8, 4) is 0 Å². The van der Waals surface area contributed by atoms with Gasteiger partial charge in [-0.2, -0.15) is 0 Å². The zero-order valence-corrected chi connectivity index (χ0v) is 16.0. The molecule has 1 aliphatic rings. The third-order valence-electron chi connectivity index (χ3n) is 4.52. The number of benzene rings is 1. The maximum absolute atomic E-state index is 14.2. The van der Waals surface area contributed by atoms with E-state index in [1.807, 2.05) is 6.92 Å². The molecule has 27 heavy (non-hydrogen) atoms. The second-order valence-electron chi connectivity index (χ2n) is 6.25. The number of aliphatic hydroxyl groups is 1. The SMILES string of the molecule is CCOC(=O)C(=CN(CC)c1ccc(F)c2c1CC(CO)C2)C(=O)OCC. The summed E-state index contributed by atoms with van der Waals surface area (Å²) < 4.78 is 24.1. The summed E-state index contributed by atoms with van der Waals surface area (Å²) in [5.41, 5.74) is 1.86. The summed E-state index contributed by atoms with van der Waals surface area (Å²) in [5.74, 6) is -1.86. The lowest BCUT2D eigenvalue weighted by Gasteiger charge is -2.23. The minimum atomic E-state index is -0.763. The van der Waals surface area contributed by atoms with Crippen LogP contribution in [0.4, 0.5) is 10.1 Å². The van der Waals surface area contributed by atoms with Gasteiger partial charge in [-0.25, -0.2) is 14.0 Å². The number of anilines is 1. The standard InChI is InChI=1S/C20H26FNO5/c1-4-22(11-16(19(24)26-5-2)20(25)27-6-3)18-8-7-17(21)14-9-13(12-23)10-15(14)18/h7-8,11,13,23H,4-6,9-10,12H2,1-3H3. The molecule has 1 atom stereocenters. The van der Waals surface area contributed by atoms with E-state index in [1.54, 1.807) is 24.8 Å². The lowest BCUT2D eigenvalue weighted by atomic mass is 10.1. The van der Waals surface area contributed by atoms with Crippen molar-refractivity contribution >= 4 is 17.6 Å². The van der Waals surface area contributed by atoms with Crippen LogP contribution < -0.4 is 4.90 Å². The topological polar surface area (TPSA) is 76.1 Å². The number of carbonyl (C=O) groups excluding carboxylic acids is 2. The molecule has 0 radical (unpaired) electrons. The van der Waals surface area contributed by atoms with E-state index in [2.05, 4.69) is 0 Å². The van der Waals surface area contributed by atoms with Crippen molar-refractivity contribution in [2.45, 2.75) is 33.6 Å². The summed E-state index contributed by atoms with van der Waals surface area (Å²) in [6.07, 6.45) is 2.41. The first-order chi connectivity index (χ1) is 13.0. The fourth-order valence-electron chi connectivity index (χ4n) is 3.24. The summed E-state index contributed by atoms with van der Waals surface area (Å²) in [7, 11) is 0. The molecule has 0 heterocycles. The molecule has 1 aromatic rings. The summed E-state index contributed by atoms with van der Waals surface area (Å²) in [6.45, 7) is 5.85. The molecule has 148 valence electrons. The number of rotatable bonds is 8. The first-order valence-electron chi connectivity index (χ1n) is 9.20. The average molecular weight is 379 g/mol. The molecule has 1 N–H and O–H groups in total. The van der Waals surface area contributed by atoms with E-state index >= 15 is 0 Å². The number of hydrogen-bond acceptors (Lipinski definition) is 6. The Hall–Kier alpha value is -2.41. The highest BCUT2D eigenvalue weighted by Gasteiger charge is 2.29. The molecule has 1 aliphatic carbocycles. The van der Waals surface area contributed by atoms with Crippen molar-refractivity contribution in [3.05, 3.63) is 40.8 Å². The van der Waals surface area contributed by atoms with Gasteiger partial charge in [-0.15, -0.1) is 0 Å². The van der Waals surface area contributed by atoms with E-state index in [0.717, 1.165) is 5.56 Å². The fraction of sp³-hybridized carbons (Fsp3) is 0.500. The number of esters is 2. The number of hydrogen-bond donors (Lipinski definition) is 1. The molecule has 0 amide bonds. The van der Waals surface area contributed by atoms with Gasteiger partial charge in [0.1, 0.15) is 5.82 Å². The first-order valence-corrected chi connectivity index (χ1v) is 9.20. The van der Waals surface area contributed by atoms with Crippen LogP contribution in [0.2, 0.25) is 0 Å². The van der Waals surface area contributed by atoms with Crippen molar-refractivity contribution in [1.82, 2.24) is 0 Å². The van der Waals surface area contributed by atoms with Crippen molar-refractivity contribution < 1.29 is 28.6 Å².